The molecule has 5 nitrogen and oxygen atoms in total. The van der Waals surface area contributed by atoms with Crippen LogP contribution in [0.3, 0.4) is 0 Å². The Hall–Kier alpha value is -2.11. The summed E-state index contributed by atoms with van der Waals surface area (Å²) in [5, 5.41) is 11.6. The minimum absolute atomic E-state index is 0.213. The van der Waals surface area contributed by atoms with E-state index in [1.165, 1.54) is 6.07 Å². The number of hydrogen-bond donors (Lipinski definition) is 2. The highest BCUT2D eigenvalue weighted by Crippen LogP contribution is 2.17. The lowest BCUT2D eigenvalue weighted by Crippen LogP contribution is -2.45. The molecule has 0 atom stereocenters. The van der Waals surface area contributed by atoms with Crippen LogP contribution in [0.15, 0.2) is 24.3 Å². The third-order valence-electron chi connectivity index (χ3n) is 3.76. The van der Waals surface area contributed by atoms with Crippen LogP contribution in [0.25, 0.3) is 0 Å². The summed E-state index contributed by atoms with van der Waals surface area (Å²) in [4.78, 5) is 24.4. The average Bonchev–Trinajstić information content (AvgIpc) is 2.49. The SMILES string of the molecule is O=C(O)C1CCN(C(=O)NCCc2ccccc2F)CC1. The van der Waals surface area contributed by atoms with Gasteiger partial charge in [-0.1, -0.05) is 18.2 Å². The molecule has 0 saturated carbocycles. The molecule has 1 aliphatic rings. The Balaban J connectivity index is 1.73. The minimum Gasteiger partial charge on any atom is -0.481 e. The van der Waals surface area contributed by atoms with Crippen LogP contribution in [0.4, 0.5) is 9.18 Å². The van der Waals surface area contributed by atoms with Crippen molar-refractivity contribution in [1.82, 2.24) is 10.2 Å². The number of carbonyl (C=O) groups is 2. The lowest BCUT2D eigenvalue weighted by Gasteiger charge is -2.30. The van der Waals surface area contributed by atoms with E-state index < -0.39 is 5.97 Å². The predicted molar refractivity (Wildman–Crippen MR) is 75.4 cm³/mol. The first kappa shape index (κ1) is 15.3. The van der Waals surface area contributed by atoms with Crippen molar-refractivity contribution < 1.29 is 19.1 Å². The van der Waals surface area contributed by atoms with Gasteiger partial charge in [0.15, 0.2) is 0 Å². The number of nitrogens with zero attached hydrogens (tertiary/aromatic N) is 1. The molecule has 1 heterocycles. The zero-order chi connectivity index (χ0) is 15.2. The Morgan fingerprint density at radius 2 is 1.95 bits per heavy atom. The molecular formula is C15H19FN2O3. The summed E-state index contributed by atoms with van der Waals surface area (Å²) in [5.41, 5.74) is 0.572. The fourth-order valence-electron chi connectivity index (χ4n) is 2.45. The van der Waals surface area contributed by atoms with E-state index in [1.807, 2.05) is 0 Å². The number of likely N-dealkylation sites (tertiary alicyclic amines) is 1. The van der Waals surface area contributed by atoms with Crippen molar-refractivity contribution in [2.75, 3.05) is 19.6 Å². The molecule has 1 aromatic rings. The second-order valence-electron chi connectivity index (χ2n) is 5.17. The Morgan fingerprint density at radius 3 is 2.57 bits per heavy atom. The van der Waals surface area contributed by atoms with Gasteiger partial charge in [0.1, 0.15) is 5.82 Å². The highest BCUT2D eigenvalue weighted by molar-refractivity contribution is 5.75. The zero-order valence-electron chi connectivity index (χ0n) is 11.7. The van der Waals surface area contributed by atoms with Crippen molar-refractivity contribution in [3.05, 3.63) is 35.6 Å². The number of urea groups is 1. The first-order valence-corrected chi connectivity index (χ1v) is 7.07. The van der Waals surface area contributed by atoms with Crippen molar-refractivity contribution >= 4 is 12.0 Å². The molecule has 0 aliphatic carbocycles. The molecule has 114 valence electrons. The molecule has 0 radical (unpaired) electrons. The van der Waals surface area contributed by atoms with Crippen molar-refractivity contribution in [2.45, 2.75) is 19.3 Å². The van der Waals surface area contributed by atoms with Crippen LogP contribution in [0, 0.1) is 11.7 Å². The highest BCUT2D eigenvalue weighted by Gasteiger charge is 2.26. The van der Waals surface area contributed by atoms with Crippen LogP contribution < -0.4 is 5.32 Å². The van der Waals surface area contributed by atoms with Gasteiger partial charge in [0.25, 0.3) is 0 Å². The summed E-state index contributed by atoms with van der Waals surface area (Å²) in [7, 11) is 0. The number of aliphatic carboxylic acids is 1. The number of carbonyl (C=O) groups excluding carboxylic acids is 1. The van der Waals surface area contributed by atoms with Gasteiger partial charge in [0.2, 0.25) is 0 Å². The number of halogens is 1. The van der Waals surface area contributed by atoms with Gasteiger partial charge in [-0.05, 0) is 30.9 Å². The quantitative estimate of drug-likeness (QED) is 0.890. The smallest absolute Gasteiger partial charge is 0.317 e. The van der Waals surface area contributed by atoms with Crippen LogP contribution in [0.2, 0.25) is 0 Å². The first-order valence-electron chi connectivity index (χ1n) is 7.07. The third-order valence-corrected chi connectivity index (χ3v) is 3.76. The van der Waals surface area contributed by atoms with Crippen LogP contribution >= 0.6 is 0 Å². The maximum atomic E-state index is 13.4. The van der Waals surface area contributed by atoms with Gasteiger partial charge < -0.3 is 15.3 Å². The number of benzene rings is 1. The van der Waals surface area contributed by atoms with Gasteiger partial charge in [-0.25, -0.2) is 9.18 Å². The van der Waals surface area contributed by atoms with Gasteiger partial charge in [-0.3, -0.25) is 4.79 Å². The molecule has 6 heteroatoms. The highest BCUT2D eigenvalue weighted by atomic mass is 19.1. The molecule has 0 unspecified atom stereocenters. The van der Waals surface area contributed by atoms with E-state index in [1.54, 1.807) is 23.1 Å². The van der Waals surface area contributed by atoms with E-state index in [-0.39, 0.29) is 17.8 Å². The third kappa shape index (κ3) is 4.18. The molecule has 2 N–H and O–H groups in total. The lowest BCUT2D eigenvalue weighted by molar-refractivity contribution is -0.143. The monoisotopic (exact) mass is 294 g/mol. The molecule has 2 rings (SSSR count). The summed E-state index contributed by atoms with van der Waals surface area (Å²) in [6.07, 6.45) is 1.40. The summed E-state index contributed by atoms with van der Waals surface area (Å²) in [6, 6.07) is 6.27. The van der Waals surface area contributed by atoms with Crippen LogP contribution in [0.1, 0.15) is 18.4 Å². The summed E-state index contributed by atoms with van der Waals surface area (Å²) < 4.78 is 13.4. The fraction of sp³-hybridized carbons (Fsp3) is 0.467. The van der Waals surface area contributed by atoms with Gasteiger partial charge in [0.05, 0.1) is 5.92 Å². The first-order chi connectivity index (χ1) is 10.1. The second-order valence-corrected chi connectivity index (χ2v) is 5.17. The number of rotatable bonds is 4. The standard InChI is InChI=1S/C15H19FN2O3/c16-13-4-2-1-3-11(13)5-8-17-15(21)18-9-6-12(7-10-18)14(19)20/h1-4,12H,5-10H2,(H,17,21)(H,19,20). The van der Waals surface area contributed by atoms with Gasteiger partial charge in [-0.2, -0.15) is 0 Å². The molecule has 0 spiro atoms. The number of carboxylic acid groups (broad SMARTS) is 1. The summed E-state index contributed by atoms with van der Waals surface area (Å²) in [5.74, 6) is -1.42. The maximum absolute atomic E-state index is 13.4. The molecular weight excluding hydrogens is 275 g/mol. The molecule has 0 aromatic heterocycles. The molecule has 0 bridgehead atoms. The Labute approximate surface area is 122 Å². The van der Waals surface area contributed by atoms with E-state index in [4.69, 9.17) is 5.11 Å². The maximum Gasteiger partial charge on any atom is 0.317 e. The topological polar surface area (TPSA) is 69.6 Å². The van der Waals surface area contributed by atoms with Crippen molar-refractivity contribution in [3.63, 3.8) is 0 Å². The molecule has 2 amide bonds. The van der Waals surface area contributed by atoms with Crippen molar-refractivity contribution in [2.24, 2.45) is 5.92 Å². The normalized spacial score (nSPS) is 15.8. The number of nitrogens with one attached hydrogen (secondary N) is 1. The Kier molecular flexibility index (Phi) is 5.14. The molecule has 1 aliphatic heterocycles. The second kappa shape index (κ2) is 7.06. The summed E-state index contributed by atoms with van der Waals surface area (Å²) in [6.45, 7) is 1.25. The summed E-state index contributed by atoms with van der Waals surface area (Å²) >= 11 is 0. The van der Waals surface area contributed by atoms with Gasteiger partial charge in [-0.15, -0.1) is 0 Å². The number of carboxylic acids is 1. The number of hydrogen-bond acceptors (Lipinski definition) is 2. The number of amides is 2. The van der Waals surface area contributed by atoms with Gasteiger partial charge in [0, 0.05) is 19.6 Å². The van der Waals surface area contributed by atoms with E-state index in [0.29, 0.717) is 44.5 Å². The Morgan fingerprint density at radius 1 is 1.29 bits per heavy atom. The predicted octanol–water partition coefficient (Wildman–Crippen LogP) is 1.87. The van der Waals surface area contributed by atoms with E-state index in [2.05, 4.69) is 5.32 Å². The molecule has 1 saturated heterocycles. The zero-order valence-corrected chi connectivity index (χ0v) is 11.7. The van der Waals surface area contributed by atoms with Gasteiger partial charge >= 0.3 is 12.0 Å². The number of piperidine rings is 1. The molecule has 1 fully saturated rings. The Bertz CT molecular complexity index is 513. The largest absolute Gasteiger partial charge is 0.481 e. The van der Waals surface area contributed by atoms with E-state index in [0.717, 1.165) is 0 Å². The van der Waals surface area contributed by atoms with E-state index in [9.17, 15) is 14.0 Å². The molecule has 1 aromatic carbocycles. The fourth-order valence-corrected chi connectivity index (χ4v) is 2.45. The van der Waals surface area contributed by atoms with Crippen molar-refractivity contribution in [3.8, 4) is 0 Å². The minimum atomic E-state index is -0.797. The van der Waals surface area contributed by atoms with Crippen LogP contribution in [-0.4, -0.2) is 41.6 Å². The van der Waals surface area contributed by atoms with E-state index >= 15 is 0 Å². The van der Waals surface area contributed by atoms with Crippen LogP contribution in [-0.2, 0) is 11.2 Å². The molecule has 21 heavy (non-hydrogen) atoms. The van der Waals surface area contributed by atoms with Crippen molar-refractivity contribution in [1.29, 1.82) is 0 Å². The lowest BCUT2D eigenvalue weighted by atomic mass is 9.97. The average molecular weight is 294 g/mol. The van der Waals surface area contributed by atoms with Crippen LogP contribution in [0.5, 0.6) is 0 Å².